The van der Waals surface area contributed by atoms with Crippen LogP contribution in [-0.4, -0.2) is 42.6 Å². The predicted molar refractivity (Wildman–Crippen MR) is 95.9 cm³/mol. The van der Waals surface area contributed by atoms with E-state index in [0.29, 0.717) is 5.92 Å². The third-order valence-electron chi connectivity index (χ3n) is 5.81. The highest BCUT2D eigenvalue weighted by molar-refractivity contribution is 7.07. The van der Waals surface area contributed by atoms with Gasteiger partial charge in [-0.25, -0.2) is 0 Å². The number of likely N-dealkylation sites (tertiary alicyclic amines) is 1. The van der Waals surface area contributed by atoms with Crippen molar-refractivity contribution in [1.82, 2.24) is 10.2 Å². The summed E-state index contributed by atoms with van der Waals surface area (Å²) in [5.41, 5.74) is 1.43. The molecule has 0 bridgehead atoms. The normalized spacial score (nSPS) is 33.4. The molecule has 24 heavy (non-hydrogen) atoms. The fourth-order valence-electron chi connectivity index (χ4n) is 4.42. The van der Waals surface area contributed by atoms with E-state index < -0.39 is 0 Å². The lowest BCUT2D eigenvalue weighted by molar-refractivity contribution is -0.122. The minimum Gasteiger partial charge on any atom is -0.376 e. The first-order valence-electron chi connectivity index (χ1n) is 9.29. The molecule has 0 radical (unpaired) electrons. The van der Waals surface area contributed by atoms with E-state index in [-0.39, 0.29) is 18.1 Å². The summed E-state index contributed by atoms with van der Waals surface area (Å²) >= 11 is 1.78. The molecule has 132 valence electrons. The molecule has 1 N–H and O–H groups in total. The lowest BCUT2D eigenvalue weighted by Crippen LogP contribution is -2.50. The van der Waals surface area contributed by atoms with Gasteiger partial charge in [-0.3, -0.25) is 9.69 Å². The van der Waals surface area contributed by atoms with Crippen molar-refractivity contribution >= 4 is 17.2 Å². The number of rotatable bonds is 6. The molecule has 1 aromatic rings. The summed E-state index contributed by atoms with van der Waals surface area (Å²) in [6.07, 6.45) is 5.01. The number of nitrogens with one attached hydrogen (secondary N) is 1. The van der Waals surface area contributed by atoms with E-state index in [4.69, 9.17) is 4.74 Å². The minimum absolute atomic E-state index is 0.0756. The number of carbonyl (C=O) groups is 1. The zero-order valence-corrected chi connectivity index (χ0v) is 15.3. The Labute approximate surface area is 148 Å². The van der Waals surface area contributed by atoms with E-state index >= 15 is 0 Å². The van der Waals surface area contributed by atoms with Crippen LogP contribution in [0.1, 0.15) is 38.2 Å². The van der Waals surface area contributed by atoms with Crippen molar-refractivity contribution in [2.45, 2.75) is 51.3 Å². The van der Waals surface area contributed by atoms with Crippen LogP contribution in [0, 0.1) is 17.8 Å². The highest BCUT2D eigenvalue weighted by Gasteiger charge is 2.43. The second kappa shape index (κ2) is 7.14. The van der Waals surface area contributed by atoms with Crippen molar-refractivity contribution in [2.75, 3.05) is 19.7 Å². The zero-order valence-electron chi connectivity index (χ0n) is 14.4. The van der Waals surface area contributed by atoms with Gasteiger partial charge in [0.25, 0.3) is 0 Å². The van der Waals surface area contributed by atoms with E-state index in [9.17, 15) is 4.79 Å². The second-order valence-corrected chi connectivity index (χ2v) is 8.72. The fourth-order valence-corrected chi connectivity index (χ4v) is 5.08. The molecule has 2 heterocycles. The summed E-state index contributed by atoms with van der Waals surface area (Å²) in [5, 5.41) is 7.58. The molecule has 4 atom stereocenters. The number of ether oxygens (including phenoxy) is 1. The van der Waals surface area contributed by atoms with Gasteiger partial charge in [0, 0.05) is 33.2 Å². The van der Waals surface area contributed by atoms with Crippen molar-refractivity contribution < 1.29 is 9.53 Å². The quantitative estimate of drug-likeness (QED) is 0.859. The zero-order chi connectivity index (χ0) is 16.5. The van der Waals surface area contributed by atoms with Gasteiger partial charge in [0.15, 0.2) is 0 Å². The average Bonchev–Trinajstić information content (AvgIpc) is 3.07. The number of nitrogens with zero attached hydrogens (tertiary/aromatic N) is 1. The van der Waals surface area contributed by atoms with Crippen molar-refractivity contribution in [1.29, 1.82) is 0 Å². The summed E-state index contributed by atoms with van der Waals surface area (Å²) < 4.78 is 6.24. The number of carbonyl (C=O) groups excluding carboxylic acids is 1. The van der Waals surface area contributed by atoms with Gasteiger partial charge >= 0.3 is 0 Å². The molecule has 1 saturated heterocycles. The molecule has 1 aliphatic heterocycles. The van der Waals surface area contributed by atoms with E-state index in [0.717, 1.165) is 44.4 Å². The van der Waals surface area contributed by atoms with E-state index in [1.165, 1.54) is 24.9 Å². The Morgan fingerprint density at radius 3 is 2.79 bits per heavy atom. The minimum atomic E-state index is 0.0756. The third kappa shape index (κ3) is 4.01. The van der Waals surface area contributed by atoms with Crippen LogP contribution in [0.5, 0.6) is 0 Å². The molecule has 2 saturated carbocycles. The molecule has 2 aliphatic carbocycles. The van der Waals surface area contributed by atoms with Crippen molar-refractivity contribution in [3.8, 4) is 0 Å². The molecule has 0 spiro atoms. The maximum atomic E-state index is 11.6. The number of hydrogen-bond acceptors (Lipinski definition) is 4. The molecular weight excluding hydrogens is 320 g/mol. The summed E-state index contributed by atoms with van der Waals surface area (Å²) in [6, 6.07) is 2.43. The van der Waals surface area contributed by atoms with Gasteiger partial charge in [-0.1, -0.05) is 0 Å². The monoisotopic (exact) mass is 348 g/mol. The molecule has 1 amide bonds. The number of fused-ring (bicyclic) bond motifs is 1. The fraction of sp³-hybridized carbons (Fsp3) is 0.737. The predicted octanol–water partition coefficient (Wildman–Crippen LogP) is 2.89. The standard InChI is InChI=1S/C19H28N2O2S/c1-13(22)20-18-6-16-9-21(8-15-4-5-24-12-15)10-17(16)7-19(18)23-11-14-2-3-14/h4-5,12,14,16-19H,2-3,6-11H2,1H3,(H,20,22)/t16-,17+,18-,19-/m1/s1. The first-order valence-corrected chi connectivity index (χ1v) is 10.2. The van der Waals surface area contributed by atoms with Gasteiger partial charge in [-0.05, 0) is 65.8 Å². The number of hydrogen-bond donors (Lipinski definition) is 1. The van der Waals surface area contributed by atoms with Gasteiger partial charge in [0.2, 0.25) is 5.91 Å². The molecule has 4 nitrogen and oxygen atoms in total. The first kappa shape index (κ1) is 16.6. The lowest BCUT2D eigenvalue weighted by Gasteiger charge is -2.38. The summed E-state index contributed by atoms with van der Waals surface area (Å²) in [6.45, 7) is 5.91. The van der Waals surface area contributed by atoms with Gasteiger partial charge in [0.05, 0.1) is 12.1 Å². The van der Waals surface area contributed by atoms with Crippen molar-refractivity contribution in [3.05, 3.63) is 22.4 Å². The lowest BCUT2D eigenvalue weighted by atomic mass is 9.77. The molecule has 0 unspecified atom stereocenters. The van der Waals surface area contributed by atoms with Crippen LogP contribution < -0.4 is 5.32 Å². The van der Waals surface area contributed by atoms with E-state index in [1.807, 2.05) is 0 Å². The van der Waals surface area contributed by atoms with Crippen LogP contribution in [0.2, 0.25) is 0 Å². The molecule has 3 fully saturated rings. The molecule has 5 heteroatoms. The average molecular weight is 349 g/mol. The van der Waals surface area contributed by atoms with Gasteiger partial charge in [0.1, 0.15) is 0 Å². The topological polar surface area (TPSA) is 41.6 Å². The van der Waals surface area contributed by atoms with Crippen molar-refractivity contribution in [3.63, 3.8) is 0 Å². The van der Waals surface area contributed by atoms with Crippen LogP contribution in [0.4, 0.5) is 0 Å². The summed E-state index contributed by atoms with van der Waals surface area (Å²) in [4.78, 5) is 14.2. The van der Waals surface area contributed by atoms with Crippen LogP contribution in [0.3, 0.4) is 0 Å². The second-order valence-electron chi connectivity index (χ2n) is 7.94. The number of thiophene rings is 1. The molecule has 1 aromatic heterocycles. The summed E-state index contributed by atoms with van der Waals surface area (Å²) in [5.74, 6) is 2.27. The largest absolute Gasteiger partial charge is 0.376 e. The maximum absolute atomic E-state index is 11.6. The highest BCUT2D eigenvalue weighted by Crippen LogP contribution is 2.39. The molecular formula is C19H28N2O2S. The Morgan fingerprint density at radius 2 is 2.12 bits per heavy atom. The van der Waals surface area contributed by atoms with Crippen LogP contribution in [0.25, 0.3) is 0 Å². The summed E-state index contributed by atoms with van der Waals surface area (Å²) in [7, 11) is 0. The number of amides is 1. The van der Waals surface area contributed by atoms with Crippen molar-refractivity contribution in [2.24, 2.45) is 17.8 Å². The smallest absolute Gasteiger partial charge is 0.217 e. The van der Waals surface area contributed by atoms with Crippen LogP contribution >= 0.6 is 11.3 Å². The Bertz CT molecular complexity index is 558. The van der Waals surface area contributed by atoms with E-state index in [2.05, 4.69) is 27.0 Å². The van der Waals surface area contributed by atoms with Crippen LogP contribution in [0.15, 0.2) is 16.8 Å². The first-order chi connectivity index (χ1) is 11.7. The Kier molecular flexibility index (Phi) is 4.93. The molecule has 0 aromatic carbocycles. The maximum Gasteiger partial charge on any atom is 0.217 e. The Hall–Kier alpha value is -0.910. The van der Waals surface area contributed by atoms with Crippen LogP contribution in [-0.2, 0) is 16.1 Å². The third-order valence-corrected chi connectivity index (χ3v) is 6.54. The van der Waals surface area contributed by atoms with Gasteiger partial charge in [-0.2, -0.15) is 11.3 Å². The van der Waals surface area contributed by atoms with Gasteiger partial charge < -0.3 is 10.1 Å². The Balaban J connectivity index is 1.37. The van der Waals surface area contributed by atoms with E-state index in [1.54, 1.807) is 18.3 Å². The molecule has 4 rings (SSSR count). The SMILES string of the molecule is CC(=O)N[C@@H]1C[C@@H]2CN(Cc3ccsc3)C[C@@H]2C[C@H]1OCC1CC1. The molecule has 3 aliphatic rings. The van der Waals surface area contributed by atoms with Gasteiger partial charge in [-0.15, -0.1) is 0 Å². The Morgan fingerprint density at radius 1 is 1.33 bits per heavy atom. The highest BCUT2D eigenvalue weighted by atomic mass is 32.1.